The summed E-state index contributed by atoms with van der Waals surface area (Å²) in [6.07, 6.45) is 1.18. The smallest absolute Gasteiger partial charge is 0.248 e. The number of amides is 1. The number of carbonyl (C=O) groups is 1. The zero-order chi connectivity index (χ0) is 12.9. The Kier molecular flexibility index (Phi) is 5.31. The molecule has 100 valence electrons. The van der Waals surface area contributed by atoms with Crippen molar-refractivity contribution in [3.05, 3.63) is 0 Å². The third-order valence-electron chi connectivity index (χ3n) is 3.19. The Morgan fingerprint density at radius 2 is 2.06 bits per heavy atom. The quantitative estimate of drug-likeness (QED) is 0.733. The molecular formula is C12H21F2NO2. The second-order valence-corrected chi connectivity index (χ2v) is 4.91. The van der Waals surface area contributed by atoms with E-state index in [-0.39, 0.29) is 43.6 Å². The highest BCUT2D eigenvalue weighted by Crippen LogP contribution is 2.36. The van der Waals surface area contributed by atoms with E-state index in [1.54, 1.807) is 6.92 Å². The van der Waals surface area contributed by atoms with Crippen molar-refractivity contribution in [2.75, 3.05) is 6.54 Å². The van der Waals surface area contributed by atoms with Crippen LogP contribution in [0.1, 0.15) is 45.4 Å². The molecule has 0 aromatic rings. The minimum Gasteiger partial charge on any atom is -0.393 e. The zero-order valence-electron chi connectivity index (χ0n) is 10.2. The molecule has 0 aromatic carbocycles. The molecule has 17 heavy (non-hydrogen) atoms. The van der Waals surface area contributed by atoms with Crippen molar-refractivity contribution in [1.82, 2.24) is 5.32 Å². The van der Waals surface area contributed by atoms with E-state index in [0.717, 1.165) is 0 Å². The van der Waals surface area contributed by atoms with E-state index < -0.39 is 5.92 Å². The van der Waals surface area contributed by atoms with Crippen molar-refractivity contribution in [3.8, 4) is 0 Å². The summed E-state index contributed by atoms with van der Waals surface area (Å²) in [6, 6.07) is 0. The third kappa shape index (κ3) is 5.44. The second-order valence-electron chi connectivity index (χ2n) is 4.91. The molecule has 1 amide bonds. The first-order valence-corrected chi connectivity index (χ1v) is 6.24. The highest BCUT2D eigenvalue weighted by molar-refractivity contribution is 5.78. The molecule has 1 saturated carbocycles. The molecule has 0 saturated heterocycles. The molecule has 0 aliphatic heterocycles. The van der Waals surface area contributed by atoms with Crippen molar-refractivity contribution >= 4 is 5.91 Å². The lowest BCUT2D eigenvalue weighted by atomic mass is 9.86. The number of hydrogen-bond acceptors (Lipinski definition) is 2. The first kappa shape index (κ1) is 14.4. The lowest BCUT2D eigenvalue weighted by Crippen LogP contribution is -2.36. The van der Waals surface area contributed by atoms with Gasteiger partial charge in [-0.05, 0) is 32.6 Å². The topological polar surface area (TPSA) is 49.3 Å². The van der Waals surface area contributed by atoms with E-state index in [9.17, 15) is 13.6 Å². The summed E-state index contributed by atoms with van der Waals surface area (Å²) in [6.45, 7) is 2.21. The minimum absolute atomic E-state index is 0.119. The van der Waals surface area contributed by atoms with E-state index in [1.807, 2.05) is 0 Å². The van der Waals surface area contributed by atoms with Crippen LogP contribution >= 0.6 is 0 Å². The van der Waals surface area contributed by atoms with Crippen molar-refractivity contribution in [3.63, 3.8) is 0 Å². The molecule has 3 nitrogen and oxygen atoms in total. The summed E-state index contributed by atoms with van der Waals surface area (Å²) in [4.78, 5) is 11.6. The second kappa shape index (κ2) is 6.28. The Morgan fingerprint density at radius 3 is 2.59 bits per heavy atom. The van der Waals surface area contributed by atoms with Crippen molar-refractivity contribution in [2.24, 2.45) is 5.92 Å². The molecule has 2 N–H and O–H groups in total. The molecule has 1 unspecified atom stereocenters. The van der Waals surface area contributed by atoms with Gasteiger partial charge in [0.05, 0.1) is 6.10 Å². The molecule has 1 aliphatic rings. The maximum atomic E-state index is 12.9. The molecule has 0 heterocycles. The highest BCUT2D eigenvalue weighted by atomic mass is 19.3. The molecule has 1 fully saturated rings. The lowest BCUT2D eigenvalue weighted by molar-refractivity contribution is -0.129. The minimum atomic E-state index is -2.58. The summed E-state index contributed by atoms with van der Waals surface area (Å²) < 4.78 is 25.8. The lowest BCUT2D eigenvalue weighted by Gasteiger charge is -2.27. The zero-order valence-corrected chi connectivity index (χ0v) is 10.2. The fraction of sp³-hybridized carbons (Fsp3) is 0.917. The van der Waals surface area contributed by atoms with E-state index in [1.165, 1.54) is 0 Å². The molecule has 0 spiro atoms. The van der Waals surface area contributed by atoms with Gasteiger partial charge >= 0.3 is 0 Å². The van der Waals surface area contributed by atoms with Gasteiger partial charge in [0.1, 0.15) is 0 Å². The van der Waals surface area contributed by atoms with E-state index in [0.29, 0.717) is 19.4 Å². The molecule has 0 radical (unpaired) electrons. The Labute approximate surface area is 101 Å². The number of carbonyl (C=O) groups excluding carboxylic acids is 1. The van der Waals surface area contributed by atoms with Crippen LogP contribution in [0.3, 0.4) is 0 Å². The normalized spacial score (nSPS) is 22.1. The third-order valence-corrected chi connectivity index (χ3v) is 3.19. The molecular weight excluding hydrogens is 228 g/mol. The summed E-state index contributed by atoms with van der Waals surface area (Å²) in [7, 11) is 0. The number of alkyl halides is 2. The van der Waals surface area contributed by atoms with Gasteiger partial charge in [-0.3, -0.25) is 4.79 Å². The number of aliphatic hydroxyl groups excluding tert-OH is 1. The van der Waals surface area contributed by atoms with Crippen molar-refractivity contribution in [2.45, 2.75) is 57.5 Å². The first-order valence-electron chi connectivity index (χ1n) is 6.24. The monoisotopic (exact) mass is 249 g/mol. The number of halogens is 2. The fourth-order valence-electron chi connectivity index (χ4n) is 2.06. The Hall–Kier alpha value is -0.710. The van der Waals surface area contributed by atoms with Crippen LogP contribution in [0, 0.1) is 5.92 Å². The maximum Gasteiger partial charge on any atom is 0.248 e. The van der Waals surface area contributed by atoms with Gasteiger partial charge in [0.2, 0.25) is 11.8 Å². The van der Waals surface area contributed by atoms with Crippen LogP contribution in [-0.4, -0.2) is 29.6 Å². The predicted octanol–water partition coefficient (Wildman–Crippen LogP) is 2.09. The van der Waals surface area contributed by atoms with Crippen LogP contribution in [0.15, 0.2) is 0 Å². The van der Waals surface area contributed by atoms with Gasteiger partial charge in [-0.15, -0.1) is 0 Å². The van der Waals surface area contributed by atoms with Crippen LogP contribution in [0.2, 0.25) is 0 Å². The van der Waals surface area contributed by atoms with Gasteiger partial charge in [0.15, 0.2) is 0 Å². The average molecular weight is 249 g/mol. The van der Waals surface area contributed by atoms with Gasteiger partial charge in [-0.25, -0.2) is 8.78 Å². The van der Waals surface area contributed by atoms with Gasteiger partial charge in [-0.1, -0.05) is 0 Å². The molecule has 5 heteroatoms. The molecule has 0 aromatic heterocycles. The van der Waals surface area contributed by atoms with Crippen LogP contribution < -0.4 is 5.32 Å². The van der Waals surface area contributed by atoms with E-state index >= 15 is 0 Å². The molecule has 0 bridgehead atoms. The van der Waals surface area contributed by atoms with Crippen molar-refractivity contribution in [1.29, 1.82) is 0 Å². The van der Waals surface area contributed by atoms with Crippen molar-refractivity contribution < 1.29 is 18.7 Å². The number of rotatable bonds is 5. The number of hydrogen-bond donors (Lipinski definition) is 2. The highest BCUT2D eigenvalue weighted by Gasteiger charge is 2.37. The molecule has 1 aliphatic carbocycles. The predicted molar refractivity (Wildman–Crippen MR) is 60.8 cm³/mol. The standard InChI is InChI=1S/C12H21F2NO2/c1-9(16)3-2-8-15-11(17)10-4-6-12(13,14)7-5-10/h9-10,16H,2-8H2,1H3,(H,15,17). The van der Waals surface area contributed by atoms with Gasteiger partial charge in [0, 0.05) is 25.3 Å². The van der Waals surface area contributed by atoms with Gasteiger partial charge < -0.3 is 10.4 Å². The SMILES string of the molecule is CC(O)CCCNC(=O)C1CCC(F)(F)CC1. The molecule has 1 rings (SSSR count). The largest absolute Gasteiger partial charge is 0.393 e. The van der Waals surface area contributed by atoms with Crippen LogP contribution in [0.25, 0.3) is 0 Å². The molecule has 1 atom stereocenters. The number of aliphatic hydroxyl groups is 1. The van der Waals surface area contributed by atoms with Gasteiger partial charge in [-0.2, -0.15) is 0 Å². The van der Waals surface area contributed by atoms with Crippen LogP contribution in [0.5, 0.6) is 0 Å². The van der Waals surface area contributed by atoms with Crippen LogP contribution in [0.4, 0.5) is 8.78 Å². The van der Waals surface area contributed by atoms with Gasteiger partial charge in [0.25, 0.3) is 0 Å². The van der Waals surface area contributed by atoms with E-state index in [2.05, 4.69) is 5.32 Å². The Balaban J connectivity index is 2.16. The summed E-state index contributed by atoms with van der Waals surface area (Å²) in [5, 5.41) is 11.8. The Bertz CT molecular complexity index is 247. The summed E-state index contributed by atoms with van der Waals surface area (Å²) in [5.41, 5.74) is 0. The Morgan fingerprint density at radius 1 is 1.47 bits per heavy atom. The first-order chi connectivity index (χ1) is 7.91. The summed E-state index contributed by atoms with van der Waals surface area (Å²) >= 11 is 0. The number of nitrogens with one attached hydrogen (secondary N) is 1. The van der Waals surface area contributed by atoms with Crippen LogP contribution in [-0.2, 0) is 4.79 Å². The maximum absolute atomic E-state index is 12.9. The summed E-state index contributed by atoms with van der Waals surface area (Å²) in [5.74, 6) is -2.96. The van der Waals surface area contributed by atoms with E-state index in [4.69, 9.17) is 5.11 Å². The fourth-order valence-corrected chi connectivity index (χ4v) is 2.06. The average Bonchev–Trinajstić information content (AvgIpc) is 2.23.